The highest BCUT2D eigenvalue weighted by Gasteiger charge is 2.10. The number of amides is 1. The van der Waals surface area contributed by atoms with Crippen molar-refractivity contribution in [3.8, 4) is 0 Å². The van der Waals surface area contributed by atoms with Crippen molar-refractivity contribution in [1.29, 1.82) is 0 Å². The van der Waals surface area contributed by atoms with E-state index >= 15 is 0 Å². The number of carbonyl (C=O) groups excluding carboxylic acids is 1. The molecule has 0 aliphatic carbocycles. The Kier molecular flexibility index (Phi) is 3.18. The Morgan fingerprint density at radius 2 is 2.12 bits per heavy atom. The van der Waals surface area contributed by atoms with Crippen molar-refractivity contribution < 1.29 is 4.79 Å². The number of aryl methyl sites for hydroxylation is 1. The van der Waals surface area contributed by atoms with Gasteiger partial charge in [-0.1, -0.05) is 13.0 Å². The molecule has 90 valence electrons. The van der Waals surface area contributed by atoms with Crippen molar-refractivity contribution in [3.63, 3.8) is 0 Å². The summed E-state index contributed by atoms with van der Waals surface area (Å²) in [5.74, 6) is -0.0470. The van der Waals surface area contributed by atoms with Gasteiger partial charge in [-0.2, -0.15) is 0 Å². The van der Waals surface area contributed by atoms with Gasteiger partial charge in [-0.25, -0.2) is 0 Å². The fourth-order valence-corrected chi connectivity index (χ4v) is 1.86. The molecule has 0 aliphatic heterocycles. The van der Waals surface area contributed by atoms with Gasteiger partial charge in [-0.05, 0) is 44.0 Å². The van der Waals surface area contributed by atoms with E-state index in [1.54, 1.807) is 0 Å². The molecule has 2 aromatic rings. The van der Waals surface area contributed by atoms with E-state index in [1.165, 1.54) is 5.56 Å². The lowest BCUT2D eigenvalue weighted by Gasteiger charge is -2.05. The molecular weight excluding hydrogens is 212 g/mol. The molecule has 0 atom stereocenters. The number of hydrogen-bond donors (Lipinski definition) is 2. The molecule has 1 heterocycles. The van der Waals surface area contributed by atoms with Crippen LogP contribution in [0.15, 0.2) is 24.3 Å². The van der Waals surface area contributed by atoms with Crippen LogP contribution in [-0.2, 0) is 6.42 Å². The molecule has 1 amide bonds. The van der Waals surface area contributed by atoms with Crippen LogP contribution < -0.4 is 5.32 Å². The zero-order valence-electron chi connectivity index (χ0n) is 10.5. The van der Waals surface area contributed by atoms with Crippen LogP contribution in [0.2, 0.25) is 0 Å². The standard InChI is InChI=1S/C14H18N2O/c1-4-10-5-6-12-11(7-10)8-13(16-12)14(17)15-9(2)3/h5-9,16H,4H2,1-3H3,(H,15,17). The highest BCUT2D eigenvalue weighted by Crippen LogP contribution is 2.17. The first-order valence-corrected chi connectivity index (χ1v) is 6.02. The molecule has 2 N–H and O–H groups in total. The Labute approximate surface area is 101 Å². The number of H-pyrrole nitrogens is 1. The molecule has 3 nitrogen and oxygen atoms in total. The Bertz CT molecular complexity index is 540. The highest BCUT2D eigenvalue weighted by atomic mass is 16.1. The fourth-order valence-electron chi connectivity index (χ4n) is 1.86. The summed E-state index contributed by atoms with van der Waals surface area (Å²) in [6.07, 6.45) is 1.01. The lowest BCUT2D eigenvalue weighted by Crippen LogP contribution is -2.30. The van der Waals surface area contributed by atoms with E-state index in [4.69, 9.17) is 0 Å². The fraction of sp³-hybridized carbons (Fsp3) is 0.357. The van der Waals surface area contributed by atoms with Crippen LogP contribution >= 0.6 is 0 Å². The molecule has 0 spiro atoms. The van der Waals surface area contributed by atoms with Crippen LogP contribution in [0.5, 0.6) is 0 Å². The summed E-state index contributed by atoms with van der Waals surface area (Å²) in [6, 6.07) is 8.30. The predicted molar refractivity (Wildman–Crippen MR) is 70.3 cm³/mol. The topological polar surface area (TPSA) is 44.9 Å². The summed E-state index contributed by atoms with van der Waals surface area (Å²) in [5, 5.41) is 3.97. The molecule has 0 saturated carbocycles. The summed E-state index contributed by atoms with van der Waals surface area (Å²) in [5.41, 5.74) is 2.92. The van der Waals surface area contributed by atoms with Gasteiger partial charge in [0.05, 0.1) is 0 Å². The second-order valence-electron chi connectivity index (χ2n) is 4.59. The number of aromatic amines is 1. The second kappa shape index (κ2) is 4.62. The molecule has 1 aromatic carbocycles. The van der Waals surface area contributed by atoms with Crippen LogP contribution in [0.4, 0.5) is 0 Å². The van der Waals surface area contributed by atoms with Crippen LogP contribution in [0.25, 0.3) is 10.9 Å². The predicted octanol–water partition coefficient (Wildman–Crippen LogP) is 2.87. The maximum Gasteiger partial charge on any atom is 0.267 e. The van der Waals surface area contributed by atoms with Gasteiger partial charge in [0.1, 0.15) is 5.69 Å². The molecule has 0 saturated heterocycles. The summed E-state index contributed by atoms with van der Waals surface area (Å²) >= 11 is 0. The van der Waals surface area contributed by atoms with Gasteiger partial charge in [-0.15, -0.1) is 0 Å². The first-order chi connectivity index (χ1) is 8.10. The summed E-state index contributed by atoms with van der Waals surface area (Å²) in [4.78, 5) is 15.0. The first-order valence-electron chi connectivity index (χ1n) is 6.02. The number of fused-ring (bicyclic) bond motifs is 1. The number of carbonyl (C=O) groups is 1. The maximum atomic E-state index is 11.8. The SMILES string of the molecule is CCc1ccc2[nH]c(C(=O)NC(C)C)cc2c1. The molecule has 3 heteroatoms. The third-order valence-electron chi connectivity index (χ3n) is 2.76. The lowest BCUT2D eigenvalue weighted by atomic mass is 10.1. The Morgan fingerprint density at radius 3 is 2.76 bits per heavy atom. The Balaban J connectivity index is 2.34. The van der Waals surface area contributed by atoms with Crippen molar-refractivity contribution >= 4 is 16.8 Å². The van der Waals surface area contributed by atoms with E-state index < -0.39 is 0 Å². The van der Waals surface area contributed by atoms with E-state index in [9.17, 15) is 4.79 Å². The third kappa shape index (κ3) is 2.49. The molecule has 0 bridgehead atoms. The lowest BCUT2D eigenvalue weighted by molar-refractivity contribution is 0.0939. The van der Waals surface area contributed by atoms with Crippen molar-refractivity contribution in [3.05, 3.63) is 35.5 Å². The Morgan fingerprint density at radius 1 is 1.35 bits per heavy atom. The van der Waals surface area contributed by atoms with E-state index in [-0.39, 0.29) is 11.9 Å². The van der Waals surface area contributed by atoms with Crippen molar-refractivity contribution in [2.45, 2.75) is 33.2 Å². The minimum atomic E-state index is -0.0470. The Hall–Kier alpha value is -1.77. The summed E-state index contributed by atoms with van der Waals surface area (Å²) in [7, 11) is 0. The number of benzene rings is 1. The summed E-state index contributed by atoms with van der Waals surface area (Å²) in [6.45, 7) is 6.03. The smallest absolute Gasteiger partial charge is 0.267 e. The molecule has 0 radical (unpaired) electrons. The van der Waals surface area contributed by atoms with Crippen molar-refractivity contribution in [2.24, 2.45) is 0 Å². The van der Waals surface area contributed by atoms with E-state index in [0.717, 1.165) is 17.3 Å². The number of rotatable bonds is 3. The van der Waals surface area contributed by atoms with Gasteiger partial charge in [0.2, 0.25) is 0 Å². The third-order valence-corrected chi connectivity index (χ3v) is 2.76. The first kappa shape index (κ1) is 11.7. The molecular formula is C14H18N2O. The van der Waals surface area contributed by atoms with E-state index in [2.05, 4.69) is 29.4 Å². The van der Waals surface area contributed by atoms with Crippen LogP contribution in [-0.4, -0.2) is 16.9 Å². The van der Waals surface area contributed by atoms with Crippen LogP contribution in [0.3, 0.4) is 0 Å². The minimum Gasteiger partial charge on any atom is -0.351 e. The van der Waals surface area contributed by atoms with Gasteiger partial charge in [-0.3, -0.25) is 4.79 Å². The van der Waals surface area contributed by atoms with Gasteiger partial charge in [0, 0.05) is 16.9 Å². The van der Waals surface area contributed by atoms with E-state index in [0.29, 0.717) is 5.69 Å². The minimum absolute atomic E-state index is 0.0470. The van der Waals surface area contributed by atoms with Crippen LogP contribution in [0.1, 0.15) is 36.8 Å². The quantitative estimate of drug-likeness (QED) is 0.836. The average molecular weight is 230 g/mol. The molecule has 17 heavy (non-hydrogen) atoms. The second-order valence-corrected chi connectivity index (χ2v) is 4.59. The monoisotopic (exact) mass is 230 g/mol. The largest absolute Gasteiger partial charge is 0.351 e. The zero-order valence-corrected chi connectivity index (χ0v) is 10.5. The van der Waals surface area contributed by atoms with Crippen LogP contribution in [0, 0.1) is 0 Å². The number of hydrogen-bond acceptors (Lipinski definition) is 1. The maximum absolute atomic E-state index is 11.8. The summed E-state index contributed by atoms with van der Waals surface area (Å²) < 4.78 is 0. The highest BCUT2D eigenvalue weighted by molar-refractivity contribution is 5.98. The van der Waals surface area contributed by atoms with Gasteiger partial charge < -0.3 is 10.3 Å². The molecule has 0 unspecified atom stereocenters. The van der Waals surface area contributed by atoms with Crippen molar-refractivity contribution in [2.75, 3.05) is 0 Å². The molecule has 1 aromatic heterocycles. The number of aromatic nitrogens is 1. The average Bonchev–Trinajstić information content (AvgIpc) is 2.70. The zero-order chi connectivity index (χ0) is 12.4. The van der Waals surface area contributed by atoms with Gasteiger partial charge in [0.25, 0.3) is 5.91 Å². The number of nitrogens with one attached hydrogen (secondary N) is 2. The van der Waals surface area contributed by atoms with E-state index in [1.807, 2.05) is 26.0 Å². The van der Waals surface area contributed by atoms with Crippen molar-refractivity contribution in [1.82, 2.24) is 10.3 Å². The molecule has 0 fully saturated rings. The normalized spacial score (nSPS) is 11.1. The molecule has 0 aliphatic rings. The van der Waals surface area contributed by atoms with Gasteiger partial charge in [0.15, 0.2) is 0 Å². The molecule has 2 rings (SSSR count). The van der Waals surface area contributed by atoms with Gasteiger partial charge >= 0.3 is 0 Å².